The van der Waals surface area contributed by atoms with Gasteiger partial charge in [-0.05, 0) is 36.2 Å². The van der Waals surface area contributed by atoms with Gasteiger partial charge in [0.25, 0.3) is 0 Å². The summed E-state index contributed by atoms with van der Waals surface area (Å²) in [7, 11) is 1.68. The third-order valence-corrected chi connectivity index (χ3v) is 4.21. The zero-order valence-electron chi connectivity index (χ0n) is 15.3. The van der Waals surface area contributed by atoms with Gasteiger partial charge in [0.1, 0.15) is 5.75 Å². The van der Waals surface area contributed by atoms with Gasteiger partial charge in [0.2, 0.25) is 5.91 Å². The van der Waals surface area contributed by atoms with Crippen molar-refractivity contribution in [2.24, 2.45) is 0 Å². The van der Waals surface area contributed by atoms with Crippen LogP contribution in [0.15, 0.2) is 55.3 Å². The van der Waals surface area contributed by atoms with E-state index in [0.717, 1.165) is 30.8 Å². The van der Waals surface area contributed by atoms with Crippen molar-refractivity contribution in [2.45, 2.75) is 39.3 Å². The smallest absolute Gasteiger partial charge is 0.223 e. The number of nitrogens with zero attached hydrogens (tertiary/aromatic N) is 2. The van der Waals surface area contributed by atoms with Crippen LogP contribution in [0.4, 0.5) is 0 Å². The number of aromatic nitrogens is 1. The van der Waals surface area contributed by atoms with Crippen molar-refractivity contribution >= 4 is 5.91 Å². The number of benzene rings is 1. The molecule has 1 aromatic carbocycles. The fourth-order valence-electron chi connectivity index (χ4n) is 2.81. The van der Waals surface area contributed by atoms with Gasteiger partial charge in [0.05, 0.1) is 13.7 Å². The second-order valence-electron chi connectivity index (χ2n) is 6.15. The summed E-state index contributed by atoms with van der Waals surface area (Å²) in [6.45, 7) is 7.82. The molecule has 0 saturated carbocycles. The number of unbranched alkanes of at least 4 members (excludes halogenated alkanes) is 1. The Bertz CT molecular complexity index is 691. The van der Waals surface area contributed by atoms with E-state index in [1.165, 1.54) is 5.56 Å². The van der Waals surface area contributed by atoms with Crippen molar-refractivity contribution in [3.8, 4) is 5.75 Å². The lowest BCUT2D eigenvalue weighted by atomic mass is 10.2. The van der Waals surface area contributed by atoms with E-state index < -0.39 is 0 Å². The van der Waals surface area contributed by atoms with Crippen LogP contribution in [0.2, 0.25) is 0 Å². The summed E-state index contributed by atoms with van der Waals surface area (Å²) >= 11 is 0. The van der Waals surface area contributed by atoms with Crippen LogP contribution in [0.25, 0.3) is 0 Å². The largest absolute Gasteiger partial charge is 0.497 e. The van der Waals surface area contributed by atoms with Gasteiger partial charge in [-0.25, -0.2) is 0 Å². The lowest BCUT2D eigenvalue weighted by Gasteiger charge is -2.22. The van der Waals surface area contributed by atoms with Gasteiger partial charge in [-0.3, -0.25) is 4.79 Å². The predicted octanol–water partition coefficient (Wildman–Crippen LogP) is 4.25. The van der Waals surface area contributed by atoms with Gasteiger partial charge >= 0.3 is 0 Å². The highest BCUT2D eigenvalue weighted by Gasteiger charge is 2.14. The minimum atomic E-state index is 0.191. The van der Waals surface area contributed by atoms with E-state index in [4.69, 9.17) is 4.74 Å². The van der Waals surface area contributed by atoms with E-state index in [1.807, 2.05) is 29.2 Å². The molecule has 0 spiro atoms. The maximum absolute atomic E-state index is 12.4. The zero-order chi connectivity index (χ0) is 18.1. The maximum Gasteiger partial charge on any atom is 0.223 e. The number of hydrogen-bond donors (Lipinski definition) is 0. The number of amides is 1. The normalized spacial score (nSPS) is 10.5. The molecular formula is C21H28N2O2. The molecular weight excluding hydrogens is 312 g/mol. The molecule has 0 aliphatic rings. The van der Waals surface area contributed by atoms with Crippen molar-refractivity contribution in [3.63, 3.8) is 0 Å². The molecule has 25 heavy (non-hydrogen) atoms. The molecule has 2 aromatic rings. The molecule has 0 unspecified atom stereocenters. The first-order valence-electron chi connectivity index (χ1n) is 8.83. The molecule has 0 atom stereocenters. The topological polar surface area (TPSA) is 34.5 Å². The Morgan fingerprint density at radius 3 is 2.88 bits per heavy atom. The molecule has 134 valence electrons. The van der Waals surface area contributed by atoms with Crippen molar-refractivity contribution in [1.82, 2.24) is 9.47 Å². The molecule has 0 aliphatic heterocycles. The van der Waals surface area contributed by atoms with Gasteiger partial charge in [0.15, 0.2) is 0 Å². The maximum atomic E-state index is 12.4. The highest BCUT2D eigenvalue weighted by Crippen LogP contribution is 2.16. The molecule has 4 nitrogen and oxygen atoms in total. The molecule has 1 amide bonds. The van der Waals surface area contributed by atoms with Crippen LogP contribution < -0.4 is 4.74 Å². The van der Waals surface area contributed by atoms with Gasteiger partial charge in [-0.2, -0.15) is 0 Å². The van der Waals surface area contributed by atoms with Crippen LogP contribution in [-0.4, -0.2) is 29.0 Å². The zero-order valence-corrected chi connectivity index (χ0v) is 15.3. The fourth-order valence-corrected chi connectivity index (χ4v) is 2.81. The van der Waals surface area contributed by atoms with E-state index >= 15 is 0 Å². The minimum Gasteiger partial charge on any atom is -0.497 e. The summed E-state index contributed by atoms with van der Waals surface area (Å²) in [4.78, 5) is 14.3. The molecule has 4 heteroatoms. The Hall–Kier alpha value is -2.49. The third-order valence-electron chi connectivity index (χ3n) is 4.21. The summed E-state index contributed by atoms with van der Waals surface area (Å²) in [6, 6.07) is 12.2. The molecule has 2 rings (SSSR count). The van der Waals surface area contributed by atoms with Crippen LogP contribution in [0.1, 0.15) is 37.4 Å². The summed E-state index contributed by atoms with van der Waals surface area (Å²) < 4.78 is 7.48. The van der Waals surface area contributed by atoms with Crippen LogP contribution in [-0.2, 0) is 17.9 Å². The second-order valence-corrected chi connectivity index (χ2v) is 6.15. The van der Waals surface area contributed by atoms with E-state index in [9.17, 15) is 4.79 Å². The minimum absolute atomic E-state index is 0.191. The Morgan fingerprint density at radius 1 is 1.32 bits per heavy atom. The van der Waals surface area contributed by atoms with Crippen LogP contribution in [0, 0.1) is 0 Å². The van der Waals surface area contributed by atoms with E-state index in [1.54, 1.807) is 13.2 Å². The van der Waals surface area contributed by atoms with Crippen LogP contribution >= 0.6 is 0 Å². The first-order chi connectivity index (χ1) is 12.2. The number of carbonyl (C=O) groups is 1. The SMILES string of the molecule is C=CCN(Cc1cccn1Cc1cccc(OC)c1)C(=O)CCCC. The van der Waals surface area contributed by atoms with E-state index in [-0.39, 0.29) is 5.91 Å². The third kappa shape index (κ3) is 5.52. The number of methoxy groups -OCH3 is 1. The van der Waals surface area contributed by atoms with E-state index in [0.29, 0.717) is 19.5 Å². The lowest BCUT2D eigenvalue weighted by molar-refractivity contribution is -0.131. The summed E-state index contributed by atoms with van der Waals surface area (Å²) in [5.41, 5.74) is 2.29. The van der Waals surface area contributed by atoms with Crippen LogP contribution in [0.3, 0.4) is 0 Å². The monoisotopic (exact) mass is 340 g/mol. The molecule has 0 bridgehead atoms. The Kier molecular flexibility index (Phi) is 7.33. The number of ether oxygens (including phenoxy) is 1. The van der Waals surface area contributed by atoms with Crippen molar-refractivity contribution < 1.29 is 9.53 Å². The average molecular weight is 340 g/mol. The highest BCUT2D eigenvalue weighted by molar-refractivity contribution is 5.76. The molecule has 0 aliphatic carbocycles. The second kappa shape index (κ2) is 9.72. The highest BCUT2D eigenvalue weighted by atomic mass is 16.5. The molecule has 0 radical (unpaired) electrons. The standard InChI is InChI=1S/C21H28N2O2/c1-4-6-12-21(24)23(13-5-2)17-19-10-8-14-22(19)16-18-9-7-11-20(15-18)25-3/h5,7-11,14-15H,2,4,6,12-13,16-17H2,1,3H3. The lowest BCUT2D eigenvalue weighted by Crippen LogP contribution is -2.31. The molecule has 0 fully saturated rings. The number of rotatable bonds is 10. The Labute approximate surface area is 150 Å². The number of carbonyl (C=O) groups excluding carboxylic acids is 1. The molecule has 1 aromatic heterocycles. The van der Waals surface area contributed by atoms with Crippen molar-refractivity contribution in [3.05, 3.63) is 66.5 Å². The summed E-state index contributed by atoms with van der Waals surface area (Å²) in [5.74, 6) is 1.05. The molecule has 1 heterocycles. The quantitative estimate of drug-likeness (QED) is 0.606. The number of hydrogen-bond acceptors (Lipinski definition) is 2. The van der Waals surface area contributed by atoms with Gasteiger partial charge in [-0.1, -0.05) is 31.6 Å². The van der Waals surface area contributed by atoms with Crippen LogP contribution in [0.5, 0.6) is 5.75 Å². The van der Waals surface area contributed by atoms with Crippen molar-refractivity contribution in [1.29, 1.82) is 0 Å². The Balaban J connectivity index is 2.10. The van der Waals surface area contributed by atoms with Crippen molar-refractivity contribution in [2.75, 3.05) is 13.7 Å². The first kappa shape index (κ1) is 18.8. The van der Waals surface area contributed by atoms with Gasteiger partial charge in [0, 0.05) is 31.4 Å². The predicted molar refractivity (Wildman–Crippen MR) is 102 cm³/mol. The Morgan fingerprint density at radius 2 is 2.16 bits per heavy atom. The van der Waals surface area contributed by atoms with Gasteiger partial charge < -0.3 is 14.2 Å². The summed E-state index contributed by atoms with van der Waals surface area (Å²) in [5, 5.41) is 0. The van der Waals surface area contributed by atoms with Gasteiger partial charge in [-0.15, -0.1) is 6.58 Å². The first-order valence-corrected chi connectivity index (χ1v) is 8.83. The molecule has 0 N–H and O–H groups in total. The average Bonchev–Trinajstić information content (AvgIpc) is 3.06. The fraction of sp³-hybridized carbons (Fsp3) is 0.381. The van der Waals surface area contributed by atoms with E-state index in [2.05, 4.69) is 36.4 Å². The molecule has 0 saturated heterocycles. The summed E-state index contributed by atoms with van der Waals surface area (Å²) in [6.07, 6.45) is 6.40.